The van der Waals surface area contributed by atoms with Crippen LogP contribution in [0.15, 0.2) is 0 Å². The Morgan fingerprint density at radius 2 is 2.46 bits per heavy atom. The van der Waals surface area contributed by atoms with Crippen molar-refractivity contribution in [2.24, 2.45) is 0 Å². The summed E-state index contributed by atoms with van der Waals surface area (Å²) in [4.78, 5) is 25.6. The van der Waals surface area contributed by atoms with Crippen molar-refractivity contribution < 1.29 is 19.2 Å². The molecule has 1 aliphatic heterocycles. The molecule has 1 rings (SSSR count). The van der Waals surface area contributed by atoms with Crippen molar-refractivity contribution in [3.8, 4) is 0 Å². The van der Waals surface area contributed by atoms with Crippen LogP contribution in [0.2, 0.25) is 0 Å². The quantitative estimate of drug-likeness (QED) is 0.386. The summed E-state index contributed by atoms with van der Waals surface area (Å²) in [5, 5.41) is 0. The Kier molecular flexibility index (Phi) is 4.42. The lowest BCUT2D eigenvalue weighted by Crippen LogP contribution is -2.33. The molecule has 0 bridgehead atoms. The minimum absolute atomic E-state index is 0.174. The van der Waals surface area contributed by atoms with Gasteiger partial charge in [0, 0.05) is 13.0 Å². The van der Waals surface area contributed by atoms with Crippen molar-refractivity contribution >= 4 is 12.2 Å². The van der Waals surface area contributed by atoms with E-state index in [1.165, 1.54) is 0 Å². The molecule has 1 saturated heterocycles. The van der Waals surface area contributed by atoms with Gasteiger partial charge in [-0.3, -0.25) is 4.79 Å². The van der Waals surface area contributed by atoms with Gasteiger partial charge in [0.2, 0.25) is 0 Å². The average molecular weight is 187 g/mol. The maximum atomic E-state index is 10.8. The maximum Gasteiger partial charge on any atom is 0.250 e. The minimum Gasteiger partial charge on any atom is -0.350 e. The summed E-state index contributed by atoms with van der Waals surface area (Å²) in [6.07, 6.45) is 2.84. The molecule has 1 atom stereocenters. The number of carbonyl (C=O) groups excluding carboxylic acids is 2. The van der Waals surface area contributed by atoms with Gasteiger partial charge < -0.3 is 9.53 Å². The Labute approximate surface area is 76.3 Å². The van der Waals surface area contributed by atoms with Crippen LogP contribution >= 0.6 is 0 Å². The Balaban J connectivity index is 2.09. The summed E-state index contributed by atoms with van der Waals surface area (Å²) >= 11 is 0. The first kappa shape index (κ1) is 10.1. The standard InChI is InChI=1S/C8H13NO4/c10-5-4-7(11)9-13-8-3-1-2-6-12-8/h5,8H,1-4,6H2,(H,9,11). The lowest BCUT2D eigenvalue weighted by atomic mass is 10.2. The molecule has 1 heterocycles. The summed E-state index contributed by atoms with van der Waals surface area (Å²) < 4.78 is 5.18. The third kappa shape index (κ3) is 4.00. The summed E-state index contributed by atoms with van der Waals surface area (Å²) in [5.41, 5.74) is 2.16. The van der Waals surface area contributed by atoms with Crippen LogP contribution in [0.5, 0.6) is 0 Å². The van der Waals surface area contributed by atoms with E-state index in [-0.39, 0.29) is 12.7 Å². The maximum absolute atomic E-state index is 10.8. The van der Waals surface area contributed by atoms with E-state index in [1.54, 1.807) is 0 Å². The third-order valence-corrected chi connectivity index (χ3v) is 1.71. The number of nitrogens with one attached hydrogen (secondary N) is 1. The highest BCUT2D eigenvalue weighted by Crippen LogP contribution is 2.12. The number of ether oxygens (including phenoxy) is 1. The fourth-order valence-corrected chi connectivity index (χ4v) is 1.05. The Morgan fingerprint density at radius 1 is 1.62 bits per heavy atom. The second-order valence-corrected chi connectivity index (χ2v) is 2.81. The second kappa shape index (κ2) is 5.66. The number of aldehydes is 1. The van der Waals surface area contributed by atoms with Crippen molar-refractivity contribution in [1.29, 1.82) is 0 Å². The van der Waals surface area contributed by atoms with Crippen LogP contribution in [-0.4, -0.2) is 25.1 Å². The normalized spacial score (nSPS) is 22.3. The monoisotopic (exact) mass is 187 g/mol. The van der Waals surface area contributed by atoms with Gasteiger partial charge in [0.15, 0.2) is 6.29 Å². The highest BCUT2D eigenvalue weighted by molar-refractivity contribution is 5.87. The minimum atomic E-state index is -0.441. The van der Waals surface area contributed by atoms with E-state index in [4.69, 9.17) is 9.57 Å². The van der Waals surface area contributed by atoms with Crippen molar-refractivity contribution in [3.05, 3.63) is 0 Å². The number of rotatable bonds is 4. The van der Waals surface area contributed by atoms with Crippen molar-refractivity contribution in [3.63, 3.8) is 0 Å². The lowest BCUT2D eigenvalue weighted by molar-refractivity contribution is -0.200. The molecule has 1 N–H and O–H groups in total. The molecule has 5 heteroatoms. The van der Waals surface area contributed by atoms with Crippen LogP contribution in [0.3, 0.4) is 0 Å². The first-order valence-electron chi connectivity index (χ1n) is 4.32. The van der Waals surface area contributed by atoms with Gasteiger partial charge in [-0.25, -0.2) is 10.3 Å². The van der Waals surface area contributed by atoms with Crippen LogP contribution in [0.4, 0.5) is 0 Å². The number of hydrogen-bond donors (Lipinski definition) is 1. The first-order chi connectivity index (χ1) is 6.33. The zero-order valence-electron chi connectivity index (χ0n) is 7.32. The van der Waals surface area contributed by atoms with E-state index in [0.29, 0.717) is 12.9 Å². The molecule has 1 amide bonds. The van der Waals surface area contributed by atoms with Gasteiger partial charge in [-0.1, -0.05) is 0 Å². The molecule has 1 fully saturated rings. The lowest BCUT2D eigenvalue weighted by Gasteiger charge is -2.21. The molecule has 0 aliphatic carbocycles. The second-order valence-electron chi connectivity index (χ2n) is 2.81. The SMILES string of the molecule is O=CCC(=O)NOC1CCCCO1. The van der Waals surface area contributed by atoms with Gasteiger partial charge in [0.1, 0.15) is 6.29 Å². The number of carbonyl (C=O) groups is 2. The molecule has 1 unspecified atom stereocenters. The van der Waals surface area contributed by atoms with Crippen molar-refractivity contribution in [2.75, 3.05) is 6.61 Å². The molecule has 13 heavy (non-hydrogen) atoms. The van der Waals surface area contributed by atoms with Gasteiger partial charge >= 0.3 is 0 Å². The number of hydroxylamine groups is 1. The smallest absolute Gasteiger partial charge is 0.250 e. The van der Waals surface area contributed by atoms with Gasteiger partial charge in [0.05, 0.1) is 6.42 Å². The van der Waals surface area contributed by atoms with Crippen LogP contribution in [0.25, 0.3) is 0 Å². The van der Waals surface area contributed by atoms with Crippen LogP contribution in [0.1, 0.15) is 25.7 Å². The van der Waals surface area contributed by atoms with E-state index in [0.717, 1.165) is 19.3 Å². The Bertz CT molecular complexity index is 177. The number of hydrogen-bond acceptors (Lipinski definition) is 4. The molecule has 0 spiro atoms. The highest BCUT2D eigenvalue weighted by atomic mass is 16.8. The molecule has 0 aromatic rings. The summed E-state index contributed by atoms with van der Waals surface area (Å²) in [5.74, 6) is -0.441. The highest BCUT2D eigenvalue weighted by Gasteiger charge is 2.15. The third-order valence-electron chi connectivity index (χ3n) is 1.71. The van der Waals surface area contributed by atoms with Crippen LogP contribution < -0.4 is 5.48 Å². The molecule has 1 aliphatic rings. The van der Waals surface area contributed by atoms with E-state index in [1.807, 2.05) is 0 Å². The number of amides is 1. The predicted octanol–water partition coefficient (Wildman–Crippen LogP) is 0.150. The van der Waals surface area contributed by atoms with E-state index in [9.17, 15) is 9.59 Å². The van der Waals surface area contributed by atoms with E-state index >= 15 is 0 Å². The molecule has 5 nitrogen and oxygen atoms in total. The molecule has 0 aromatic carbocycles. The zero-order chi connectivity index (χ0) is 9.52. The van der Waals surface area contributed by atoms with Crippen LogP contribution in [0, 0.1) is 0 Å². The van der Waals surface area contributed by atoms with Gasteiger partial charge in [-0.2, -0.15) is 0 Å². The average Bonchev–Trinajstić information content (AvgIpc) is 2.17. The Hall–Kier alpha value is -0.940. The molecule has 0 radical (unpaired) electrons. The van der Waals surface area contributed by atoms with Crippen molar-refractivity contribution in [1.82, 2.24) is 5.48 Å². The Morgan fingerprint density at radius 3 is 3.08 bits per heavy atom. The van der Waals surface area contributed by atoms with Gasteiger partial charge in [0.25, 0.3) is 5.91 Å². The fourth-order valence-electron chi connectivity index (χ4n) is 1.05. The van der Waals surface area contributed by atoms with E-state index in [2.05, 4.69) is 5.48 Å². The first-order valence-corrected chi connectivity index (χ1v) is 4.32. The van der Waals surface area contributed by atoms with Gasteiger partial charge in [-0.15, -0.1) is 0 Å². The summed E-state index contributed by atoms with van der Waals surface area (Å²) in [6.45, 7) is 0.661. The van der Waals surface area contributed by atoms with Gasteiger partial charge in [-0.05, 0) is 12.8 Å². The zero-order valence-corrected chi connectivity index (χ0v) is 7.32. The van der Waals surface area contributed by atoms with Crippen molar-refractivity contribution in [2.45, 2.75) is 32.0 Å². The summed E-state index contributed by atoms with van der Waals surface area (Å²) in [6, 6.07) is 0. The largest absolute Gasteiger partial charge is 0.350 e. The predicted molar refractivity (Wildman–Crippen MR) is 43.5 cm³/mol. The molecule has 74 valence electrons. The molecular formula is C8H13NO4. The fraction of sp³-hybridized carbons (Fsp3) is 0.750. The molecule has 0 aromatic heterocycles. The molecular weight excluding hydrogens is 174 g/mol. The van der Waals surface area contributed by atoms with Crippen LogP contribution in [-0.2, 0) is 19.2 Å². The van der Waals surface area contributed by atoms with E-state index < -0.39 is 5.91 Å². The topological polar surface area (TPSA) is 64.6 Å². The molecule has 0 saturated carbocycles. The summed E-state index contributed by atoms with van der Waals surface area (Å²) in [7, 11) is 0.